The molecule has 20 heavy (non-hydrogen) atoms. The lowest BCUT2D eigenvalue weighted by Crippen LogP contribution is -1.88. The maximum atomic E-state index is 4.49. The van der Waals surface area contributed by atoms with Crippen molar-refractivity contribution in [1.82, 2.24) is 4.98 Å². The van der Waals surface area contributed by atoms with Gasteiger partial charge in [0.15, 0.2) is 0 Å². The zero-order chi connectivity index (χ0) is 13.9. The molecule has 0 radical (unpaired) electrons. The molecule has 0 amide bonds. The molecule has 1 aromatic heterocycles. The first-order valence-electron chi connectivity index (χ1n) is 6.83. The first kappa shape index (κ1) is 12.6. The van der Waals surface area contributed by atoms with Crippen LogP contribution in [0.5, 0.6) is 0 Å². The Bertz CT molecular complexity index is 730. The Balaban J connectivity index is 2.10. The van der Waals surface area contributed by atoms with Crippen molar-refractivity contribution in [3.63, 3.8) is 0 Å². The van der Waals surface area contributed by atoms with Crippen LogP contribution in [0.15, 0.2) is 66.9 Å². The second-order valence-electron chi connectivity index (χ2n) is 5.11. The average molecular weight is 259 g/mol. The van der Waals surface area contributed by atoms with Crippen molar-refractivity contribution in [2.45, 2.75) is 13.8 Å². The zero-order valence-corrected chi connectivity index (χ0v) is 11.8. The van der Waals surface area contributed by atoms with Gasteiger partial charge in [-0.15, -0.1) is 0 Å². The number of aryl methyl sites for hydroxylation is 2. The molecule has 1 heteroatoms. The van der Waals surface area contributed by atoms with Crippen LogP contribution in [0.25, 0.3) is 22.4 Å². The molecule has 3 rings (SSSR count). The van der Waals surface area contributed by atoms with E-state index in [1.807, 2.05) is 24.4 Å². The number of aromatic nitrogens is 1. The van der Waals surface area contributed by atoms with Crippen LogP contribution >= 0.6 is 0 Å². The molecule has 0 aliphatic carbocycles. The van der Waals surface area contributed by atoms with E-state index >= 15 is 0 Å². The van der Waals surface area contributed by atoms with Crippen LogP contribution in [0, 0.1) is 13.8 Å². The summed E-state index contributed by atoms with van der Waals surface area (Å²) in [6, 6.07) is 21.1. The second-order valence-corrected chi connectivity index (χ2v) is 5.11. The number of hydrogen-bond acceptors (Lipinski definition) is 1. The molecule has 3 aromatic rings. The minimum atomic E-state index is 1.02. The number of pyridine rings is 1. The van der Waals surface area contributed by atoms with Gasteiger partial charge in [0.25, 0.3) is 0 Å². The van der Waals surface area contributed by atoms with E-state index in [0.29, 0.717) is 0 Å². The highest BCUT2D eigenvalue weighted by molar-refractivity contribution is 5.72. The number of benzene rings is 2. The lowest BCUT2D eigenvalue weighted by atomic mass is 9.98. The van der Waals surface area contributed by atoms with Crippen LogP contribution in [0.1, 0.15) is 11.1 Å². The zero-order valence-electron chi connectivity index (χ0n) is 11.8. The fourth-order valence-corrected chi connectivity index (χ4v) is 2.41. The minimum Gasteiger partial charge on any atom is -0.256 e. The fraction of sp³-hybridized carbons (Fsp3) is 0.105. The lowest BCUT2D eigenvalue weighted by molar-refractivity contribution is 1.31. The van der Waals surface area contributed by atoms with Crippen molar-refractivity contribution in [2.24, 2.45) is 0 Å². The van der Waals surface area contributed by atoms with Crippen LogP contribution < -0.4 is 0 Å². The molecule has 98 valence electrons. The largest absolute Gasteiger partial charge is 0.256 e. The Morgan fingerprint density at radius 3 is 2.35 bits per heavy atom. The third-order valence-electron chi connectivity index (χ3n) is 3.53. The predicted molar refractivity (Wildman–Crippen MR) is 84.6 cm³/mol. The van der Waals surface area contributed by atoms with Gasteiger partial charge in [-0.1, -0.05) is 54.1 Å². The van der Waals surface area contributed by atoms with Crippen molar-refractivity contribution < 1.29 is 0 Å². The van der Waals surface area contributed by atoms with Crippen molar-refractivity contribution in [3.05, 3.63) is 78.0 Å². The summed E-state index contributed by atoms with van der Waals surface area (Å²) in [5.74, 6) is 0. The van der Waals surface area contributed by atoms with Crippen molar-refractivity contribution in [1.29, 1.82) is 0 Å². The van der Waals surface area contributed by atoms with Gasteiger partial charge in [0.2, 0.25) is 0 Å². The van der Waals surface area contributed by atoms with Crippen molar-refractivity contribution in [2.75, 3.05) is 0 Å². The Hall–Kier alpha value is -2.41. The summed E-state index contributed by atoms with van der Waals surface area (Å²) in [7, 11) is 0. The third-order valence-corrected chi connectivity index (χ3v) is 3.53. The molecule has 0 bridgehead atoms. The first-order chi connectivity index (χ1) is 9.74. The Morgan fingerprint density at radius 2 is 1.55 bits per heavy atom. The van der Waals surface area contributed by atoms with Gasteiger partial charge in [0, 0.05) is 11.8 Å². The van der Waals surface area contributed by atoms with Gasteiger partial charge in [0.05, 0.1) is 5.69 Å². The van der Waals surface area contributed by atoms with E-state index in [4.69, 9.17) is 0 Å². The first-order valence-corrected chi connectivity index (χ1v) is 6.83. The molecular formula is C19H17N. The Labute approximate surface area is 119 Å². The standard InChI is InChI=1S/C19H17N/c1-14-8-9-15(2)18(12-14)17-10-11-20-19(13-17)16-6-4-3-5-7-16/h3-13H,1-2H3. The number of nitrogens with zero attached hydrogens (tertiary/aromatic N) is 1. The van der Waals surface area contributed by atoms with Gasteiger partial charge in [-0.3, -0.25) is 4.98 Å². The van der Waals surface area contributed by atoms with Crippen LogP contribution in [0.4, 0.5) is 0 Å². The highest BCUT2D eigenvalue weighted by Gasteiger charge is 2.05. The highest BCUT2D eigenvalue weighted by atomic mass is 14.7. The quantitative estimate of drug-likeness (QED) is 0.628. The van der Waals surface area contributed by atoms with Crippen LogP contribution in [0.2, 0.25) is 0 Å². The molecule has 0 aliphatic heterocycles. The van der Waals surface area contributed by atoms with Gasteiger partial charge in [-0.2, -0.15) is 0 Å². The smallest absolute Gasteiger partial charge is 0.0708 e. The van der Waals surface area contributed by atoms with Gasteiger partial charge in [-0.25, -0.2) is 0 Å². The summed E-state index contributed by atoms with van der Waals surface area (Å²) in [4.78, 5) is 4.49. The lowest BCUT2D eigenvalue weighted by Gasteiger charge is -2.09. The van der Waals surface area contributed by atoms with Gasteiger partial charge in [-0.05, 0) is 42.7 Å². The topological polar surface area (TPSA) is 12.9 Å². The van der Waals surface area contributed by atoms with E-state index in [9.17, 15) is 0 Å². The second kappa shape index (κ2) is 5.30. The molecule has 0 saturated heterocycles. The average Bonchev–Trinajstić information content (AvgIpc) is 2.51. The van der Waals surface area contributed by atoms with E-state index in [0.717, 1.165) is 11.3 Å². The van der Waals surface area contributed by atoms with Crippen LogP contribution in [0.3, 0.4) is 0 Å². The Morgan fingerprint density at radius 1 is 0.750 bits per heavy atom. The summed E-state index contributed by atoms with van der Waals surface area (Å²) in [6.07, 6.45) is 1.89. The van der Waals surface area contributed by atoms with E-state index in [2.05, 4.69) is 61.3 Å². The number of rotatable bonds is 2. The summed E-state index contributed by atoms with van der Waals surface area (Å²) >= 11 is 0. The Kier molecular flexibility index (Phi) is 3.34. The van der Waals surface area contributed by atoms with E-state index < -0.39 is 0 Å². The summed E-state index contributed by atoms with van der Waals surface area (Å²) in [6.45, 7) is 4.28. The van der Waals surface area contributed by atoms with Gasteiger partial charge >= 0.3 is 0 Å². The third kappa shape index (κ3) is 2.48. The summed E-state index contributed by atoms with van der Waals surface area (Å²) < 4.78 is 0. The monoisotopic (exact) mass is 259 g/mol. The maximum Gasteiger partial charge on any atom is 0.0708 e. The molecule has 0 N–H and O–H groups in total. The molecule has 1 heterocycles. The SMILES string of the molecule is Cc1ccc(C)c(-c2ccnc(-c3ccccc3)c2)c1. The normalized spacial score (nSPS) is 10.5. The van der Waals surface area contributed by atoms with E-state index in [1.54, 1.807) is 0 Å². The maximum absolute atomic E-state index is 4.49. The minimum absolute atomic E-state index is 1.02. The molecule has 0 spiro atoms. The highest BCUT2D eigenvalue weighted by Crippen LogP contribution is 2.27. The van der Waals surface area contributed by atoms with E-state index in [1.165, 1.54) is 22.3 Å². The molecule has 0 atom stereocenters. The van der Waals surface area contributed by atoms with Crippen LogP contribution in [-0.4, -0.2) is 4.98 Å². The molecule has 0 fully saturated rings. The molecule has 2 aromatic carbocycles. The summed E-state index contributed by atoms with van der Waals surface area (Å²) in [5, 5.41) is 0. The van der Waals surface area contributed by atoms with Crippen molar-refractivity contribution in [3.8, 4) is 22.4 Å². The van der Waals surface area contributed by atoms with Crippen molar-refractivity contribution >= 4 is 0 Å². The van der Waals surface area contributed by atoms with Crippen LogP contribution in [-0.2, 0) is 0 Å². The number of hydrogen-bond donors (Lipinski definition) is 0. The van der Waals surface area contributed by atoms with Gasteiger partial charge < -0.3 is 0 Å². The molecular weight excluding hydrogens is 242 g/mol. The fourth-order valence-electron chi connectivity index (χ4n) is 2.41. The molecule has 0 unspecified atom stereocenters. The van der Waals surface area contributed by atoms with E-state index in [-0.39, 0.29) is 0 Å². The predicted octanol–water partition coefficient (Wildman–Crippen LogP) is 5.03. The van der Waals surface area contributed by atoms with Gasteiger partial charge in [0.1, 0.15) is 0 Å². The molecule has 0 aliphatic rings. The summed E-state index contributed by atoms with van der Waals surface area (Å²) in [5.41, 5.74) is 7.25. The molecule has 1 nitrogen and oxygen atoms in total. The molecule has 0 saturated carbocycles.